The van der Waals surface area contributed by atoms with E-state index in [-0.39, 0.29) is 4.90 Å². The van der Waals surface area contributed by atoms with Gasteiger partial charge in [-0.3, -0.25) is 4.98 Å². The molecular weight excluding hydrogens is 330 g/mol. The van der Waals surface area contributed by atoms with E-state index in [4.69, 9.17) is 5.14 Å². The van der Waals surface area contributed by atoms with Gasteiger partial charge < -0.3 is 5.32 Å². The normalized spacial score (nSPS) is 11.3. The van der Waals surface area contributed by atoms with Crippen molar-refractivity contribution in [2.45, 2.75) is 11.4 Å². The second-order valence-electron chi connectivity index (χ2n) is 3.90. The van der Waals surface area contributed by atoms with Crippen LogP contribution in [0, 0.1) is 0 Å². The highest BCUT2D eigenvalue weighted by Crippen LogP contribution is 2.20. The largest absolute Gasteiger partial charge is 0.380 e. The van der Waals surface area contributed by atoms with Gasteiger partial charge in [-0.05, 0) is 39.7 Å². The number of halogens is 1. The van der Waals surface area contributed by atoms with Crippen LogP contribution in [0.15, 0.2) is 52.1 Å². The third kappa shape index (κ3) is 3.76. The highest BCUT2D eigenvalue weighted by Gasteiger charge is 2.06. The summed E-state index contributed by atoms with van der Waals surface area (Å²) in [7, 11) is -3.63. The molecule has 0 saturated carbocycles. The van der Waals surface area contributed by atoms with Crippen molar-refractivity contribution in [2.24, 2.45) is 5.14 Å². The van der Waals surface area contributed by atoms with Crippen molar-refractivity contribution < 1.29 is 8.42 Å². The summed E-state index contributed by atoms with van der Waals surface area (Å²) in [6.45, 7) is 0.577. The number of rotatable bonds is 4. The summed E-state index contributed by atoms with van der Waals surface area (Å²) in [5.74, 6) is 0. The Bertz CT molecular complexity index is 672. The lowest BCUT2D eigenvalue weighted by atomic mass is 10.2. The second kappa shape index (κ2) is 5.68. The maximum absolute atomic E-state index is 11.1. The van der Waals surface area contributed by atoms with Gasteiger partial charge in [-0.15, -0.1) is 0 Å². The molecule has 0 spiro atoms. The number of hydrogen-bond acceptors (Lipinski definition) is 4. The number of aromatic nitrogens is 1. The van der Waals surface area contributed by atoms with Crippen LogP contribution in [0.4, 0.5) is 5.69 Å². The van der Waals surface area contributed by atoms with E-state index in [1.807, 2.05) is 6.07 Å². The summed E-state index contributed by atoms with van der Waals surface area (Å²) in [5, 5.41) is 8.26. The summed E-state index contributed by atoms with van der Waals surface area (Å²) in [5.41, 5.74) is 1.88. The van der Waals surface area contributed by atoms with Gasteiger partial charge in [0.25, 0.3) is 0 Å². The lowest BCUT2D eigenvalue weighted by Gasteiger charge is -2.08. The molecule has 0 atom stereocenters. The van der Waals surface area contributed by atoms with Crippen molar-refractivity contribution in [3.8, 4) is 0 Å². The first-order valence-corrected chi connectivity index (χ1v) is 7.76. The van der Waals surface area contributed by atoms with Crippen molar-refractivity contribution in [3.05, 3.63) is 52.8 Å². The molecule has 0 aliphatic carbocycles. The van der Waals surface area contributed by atoms with E-state index in [1.54, 1.807) is 24.5 Å². The van der Waals surface area contributed by atoms with E-state index < -0.39 is 10.0 Å². The van der Waals surface area contributed by atoms with Gasteiger partial charge in [-0.1, -0.05) is 12.1 Å². The number of primary sulfonamides is 1. The molecule has 0 fully saturated rings. The fraction of sp³-hybridized carbons (Fsp3) is 0.0833. The Morgan fingerprint density at radius 3 is 2.47 bits per heavy atom. The number of sulfonamides is 1. The van der Waals surface area contributed by atoms with E-state index >= 15 is 0 Å². The fourth-order valence-electron chi connectivity index (χ4n) is 1.51. The van der Waals surface area contributed by atoms with Crippen LogP contribution in [0.25, 0.3) is 0 Å². The number of nitrogens with zero attached hydrogens (tertiary/aromatic N) is 1. The summed E-state index contributed by atoms with van der Waals surface area (Å²) < 4.78 is 23.1. The van der Waals surface area contributed by atoms with Gasteiger partial charge >= 0.3 is 0 Å². The SMILES string of the molecule is NS(=O)(=O)c1ccc(CNc2ccncc2Br)cc1. The van der Waals surface area contributed by atoms with Crippen LogP contribution in [-0.4, -0.2) is 13.4 Å². The molecule has 2 rings (SSSR count). The van der Waals surface area contributed by atoms with Gasteiger partial charge in [0.2, 0.25) is 10.0 Å². The smallest absolute Gasteiger partial charge is 0.238 e. The molecule has 0 aliphatic rings. The molecule has 0 aliphatic heterocycles. The predicted octanol–water partition coefficient (Wildman–Crippen LogP) is 2.10. The first kappa shape index (κ1) is 14.0. The van der Waals surface area contributed by atoms with Crippen molar-refractivity contribution in [1.29, 1.82) is 0 Å². The minimum absolute atomic E-state index is 0.112. The van der Waals surface area contributed by atoms with E-state index in [0.717, 1.165) is 15.7 Å². The van der Waals surface area contributed by atoms with E-state index in [0.29, 0.717) is 6.54 Å². The number of nitrogens with one attached hydrogen (secondary N) is 1. The molecule has 19 heavy (non-hydrogen) atoms. The Kier molecular flexibility index (Phi) is 4.18. The van der Waals surface area contributed by atoms with Gasteiger partial charge in [0.05, 0.1) is 15.1 Å². The topological polar surface area (TPSA) is 85.1 Å². The maximum atomic E-state index is 11.1. The van der Waals surface area contributed by atoms with Crippen LogP contribution in [-0.2, 0) is 16.6 Å². The Balaban J connectivity index is 2.07. The average Bonchev–Trinajstić information content (AvgIpc) is 2.37. The van der Waals surface area contributed by atoms with Crippen molar-refractivity contribution in [3.63, 3.8) is 0 Å². The van der Waals surface area contributed by atoms with E-state index in [2.05, 4.69) is 26.2 Å². The third-order valence-corrected chi connectivity index (χ3v) is 4.07. The highest BCUT2D eigenvalue weighted by atomic mass is 79.9. The molecule has 0 amide bonds. The fourth-order valence-corrected chi connectivity index (χ4v) is 2.42. The lowest BCUT2D eigenvalue weighted by Crippen LogP contribution is -2.12. The van der Waals surface area contributed by atoms with Crippen LogP contribution in [0.1, 0.15) is 5.56 Å². The van der Waals surface area contributed by atoms with Gasteiger partial charge in [0.1, 0.15) is 0 Å². The second-order valence-corrected chi connectivity index (χ2v) is 6.31. The monoisotopic (exact) mass is 341 g/mol. The molecule has 0 bridgehead atoms. The highest BCUT2D eigenvalue weighted by molar-refractivity contribution is 9.10. The maximum Gasteiger partial charge on any atom is 0.238 e. The first-order chi connectivity index (χ1) is 8.97. The summed E-state index contributed by atoms with van der Waals surface area (Å²) in [6.07, 6.45) is 3.39. The first-order valence-electron chi connectivity index (χ1n) is 5.42. The van der Waals surface area contributed by atoms with Gasteiger partial charge in [-0.25, -0.2) is 13.6 Å². The van der Waals surface area contributed by atoms with Crippen LogP contribution in [0.3, 0.4) is 0 Å². The zero-order chi connectivity index (χ0) is 13.9. The summed E-state index contributed by atoms with van der Waals surface area (Å²) >= 11 is 3.39. The van der Waals surface area contributed by atoms with Crippen LogP contribution >= 0.6 is 15.9 Å². The molecule has 7 heteroatoms. The quantitative estimate of drug-likeness (QED) is 0.891. The molecule has 1 heterocycles. The molecule has 1 aromatic carbocycles. The lowest BCUT2D eigenvalue weighted by molar-refractivity contribution is 0.598. The molecule has 0 unspecified atom stereocenters. The Morgan fingerprint density at radius 2 is 1.89 bits per heavy atom. The van der Waals surface area contributed by atoms with Crippen LogP contribution in [0.5, 0.6) is 0 Å². The third-order valence-electron chi connectivity index (χ3n) is 2.51. The zero-order valence-corrected chi connectivity index (χ0v) is 12.3. The standard InChI is InChI=1S/C12H12BrN3O2S/c13-11-8-15-6-5-12(11)16-7-9-1-3-10(4-2-9)19(14,17)18/h1-6,8H,7H2,(H,15,16)(H2,14,17,18). The Hall–Kier alpha value is -1.44. The minimum Gasteiger partial charge on any atom is -0.380 e. The summed E-state index contributed by atoms with van der Waals surface area (Å²) in [4.78, 5) is 4.08. The van der Waals surface area contributed by atoms with E-state index in [1.165, 1.54) is 12.1 Å². The minimum atomic E-state index is -3.63. The van der Waals surface area contributed by atoms with Crippen molar-refractivity contribution >= 4 is 31.6 Å². The number of pyridine rings is 1. The van der Waals surface area contributed by atoms with Gasteiger partial charge in [0.15, 0.2) is 0 Å². The Labute approximate surface area is 120 Å². The van der Waals surface area contributed by atoms with E-state index in [9.17, 15) is 8.42 Å². The van der Waals surface area contributed by atoms with Gasteiger partial charge in [0, 0.05) is 18.9 Å². The number of nitrogens with two attached hydrogens (primary N) is 1. The van der Waals surface area contributed by atoms with Crippen molar-refractivity contribution in [2.75, 3.05) is 5.32 Å². The molecule has 1 aromatic heterocycles. The number of hydrogen-bond donors (Lipinski definition) is 2. The molecule has 0 radical (unpaired) electrons. The average molecular weight is 342 g/mol. The molecule has 2 aromatic rings. The molecule has 0 saturated heterocycles. The predicted molar refractivity (Wildman–Crippen MR) is 77.1 cm³/mol. The van der Waals surface area contributed by atoms with Gasteiger partial charge in [-0.2, -0.15) is 0 Å². The summed E-state index contributed by atoms with van der Waals surface area (Å²) in [6, 6.07) is 8.29. The van der Waals surface area contributed by atoms with Crippen molar-refractivity contribution in [1.82, 2.24) is 4.98 Å². The van der Waals surface area contributed by atoms with Crippen LogP contribution < -0.4 is 10.5 Å². The molecule has 3 N–H and O–H groups in total. The molecule has 5 nitrogen and oxygen atoms in total. The number of anilines is 1. The molecule has 100 valence electrons. The Morgan fingerprint density at radius 1 is 1.21 bits per heavy atom. The number of benzene rings is 1. The zero-order valence-electron chi connectivity index (χ0n) is 9.88. The van der Waals surface area contributed by atoms with Crippen LogP contribution in [0.2, 0.25) is 0 Å². The molecular formula is C12H12BrN3O2S.